The van der Waals surface area contributed by atoms with E-state index in [1.54, 1.807) is 51.4 Å². The average Bonchev–Trinajstić information content (AvgIpc) is 3.45. The van der Waals surface area contributed by atoms with Gasteiger partial charge in [-0.25, -0.2) is 0 Å². The third kappa shape index (κ3) is 5.62. The summed E-state index contributed by atoms with van der Waals surface area (Å²) in [5.41, 5.74) is 3.62. The maximum Gasteiger partial charge on any atom is 0.254 e. The first-order valence-electron chi connectivity index (χ1n) is 13.5. The summed E-state index contributed by atoms with van der Waals surface area (Å²) in [6.45, 7) is 4.73. The Balaban J connectivity index is 1.48. The summed E-state index contributed by atoms with van der Waals surface area (Å²) >= 11 is 0. The molecule has 9 nitrogen and oxygen atoms in total. The van der Waals surface area contributed by atoms with Crippen LogP contribution in [0, 0.1) is 11.3 Å². The lowest BCUT2D eigenvalue weighted by Gasteiger charge is -2.34. The fourth-order valence-corrected chi connectivity index (χ4v) is 4.76. The topological polar surface area (TPSA) is 118 Å². The number of nitriles is 1. The van der Waals surface area contributed by atoms with E-state index in [9.17, 15) is 15.2 Å². The van der Waals surface area contributed by atoms with Crippen molar-refractivity contribution in [1.82, 2.24) is 9.88 Å². The monoisotopic (exact) mass is 555 g/mol. The van der Waals surface area contributed by atoms with E-state index in [-0.39, 0.29) is 18.6 Å². The molecule has 41 heavy (non-hydrogen) atoms. The second-order valence-electron chi connectivity index (χ2n) is 10.7. The zero-order valence-electron chi connectivity index (χ0n) is 23.6. The third-order valence-corrected chi connectivity index (χ3v) is 7.60. The molecule has 1 amide bonds. The number of rotatable bonds is 8. The number of hydrogen-bond acceptors (Lipinski definition) is 8. The minimum absolute atomic E-state index is 0.0280. The average molecular weight is 556 g/mol. The van der Waals surface area contributed by atoms with Crippen LogP contribution in [0.15, 0.2) is 59.1 Å². The van der Waals surface area contributed by atoms with Gasteiger partial charge in [-0.1, -0.05) is 6.07 Å². The third-order valence-electron chi connectivity index (χ3n) is 7.60. The van der Waals surface area contributed by atoms with E-state index >= 15 is 0 Å². The maximum absolute atomic E-state index is 13.1. The quantitative estimate of drug-likeness (QED) is 0.305. The Hall–Kier alpha value is -4.39. The van der Waals surface area contributed by atoms with Crippen LogP contribution in [-0.2, 0) is 4.74 Å². The highest BCUT2D eigenvalue weighted by atomic mass is 16.5. The summed E-state index contributed by atoms with van der Waals surface area (Å²) in [6.07, 6.45) is 3.32. The number of benzene rings is 2. The van der Waals surface area contributed by atoms with Crippen LogP contribution in [0.4, 0.5) is 0 Å². The number of amides is 1. The number of methoxy groups -OCH3 is 1. The Bertz CT molecular complexity index is 1610. The van der Waals surface area contributed by atoms with Crippen molar-refractivity contribution >= 4 is 17.0 Å². The number of aliphatic hydroxyl groups is 1. The first-order valence-corrected chi connectivity index (χ1v) is 13.5. The Morgan fingerprint density at radius 1 is 1.12 bits per heavy atom. The van der Waals surface area contributed by atoms with Crippen LogP contribution in [0.2, 0.25) is 0 Å². The molecule has 4 aromatic rings. The number of furan rings is 1. The van der Waals surface area contributed by atoms with Crippen LogP contribution in [0.25, 0.3) is 33.6 Å². The molecule has 2 aromatic heterocycles. The molecule has 3 heterocycles. The lowest BCUT2D eigenvalue weighted by atomic mass is 10.0. The van der Waals surface area contributed by atoms with Crippen LogP contribution < -0.4 is 9.47 Å². The van der Waals surface area contributed by atoms with Crippen molar-refractivity contribution < 1.29 is 28.5 Å². The number of carbonyl (C=O) groups is 1. The summed E-state index contributed by atoms with van der Waals surface area (Å²) in [7, 11) is 3.20. The van der Waals surface area contributed by atoms with Crippen molar-refractivity contribution in [2.24, 2.45) is 0 Å². The fourth-order valence-electron chi connectivity index (χ4n) is 4.76. The number of fused-ring (bicyclic) bond motifs is 1. The molecule has 0 spiro atoms. The number of aliphatic hydroxyl groups excluding tert-OH is 1. The summed E-state index contributed by atoms with van der Waals surface area (Å²) in [5.74, 6) is 1.31. The lowest BCUT2D eigenvalue weighted by molar-refractivity contribution is 0.0254. The van der Waals surface area contributed by atoms with Crippen molar-refractivity contribution in [1.29, 1.82) is 5.26 Å². The lowest BCUT2D eigenvalue weighted by Crippen LogP contribution is -2.47. The maximum atomic E-state index is 13.1. The molecule has 9 heteroatoms. The number of pyridine rings is 1. The van der Waals surface area contributed by atoms with Gasteiger partial charge in [0.15, 0.2) is 5.58 Å². The van der Waals surface area contributed by atoms with E-state index in [4.69, 9.17) is 18.6 Å². The van der Waals surface area contributed by atoms with Gasteiger partial charge in [-0.2, -0.15) is 5.26 Å². The highest BCUT2D eigenvalue weighted by molar-refractivity contribution is 5.97. The SMILES string of the molecule is COc1cc(C(=O)N(C)C(C)(C)CO)ccc1-c1cc2nccc(-c3ccc(OC4CCOCC4)c(C#N)c3)c2o1. The Kier molecular flexibility index (Phi) is 7.97. The zero-order chi connectivity index (χ0) is 29.1. The van der Waals surface area contributed by atoms with E-state index in [1.807, 2.05) is 24.3 Å². The molecule has 1 saturated heterocycles. The van der Waals surface area contributed by atoms with Gasteiger partial charge in [-0.05, 0) is 55.8 Å². The highest BCUT2D eigenvalue weighted by Crippen LogP contribution is 2.39. The van der Waals surface area contributed by atoms with Crippen molar-refractivity contribution in [3.63, 3.8) is 0 Å². The van der Waals surface area contributed by atoms with E-state index in [2.05, 4.69) is 11.1 Å². The summed E-state index contributed by atoms with van der Waals surface area (Å²) in [5, 5.41) is 19.5. The summed E-state index contributed by atoms with van der Waals surface area (Å²) in [4.78, 5) is 19.1. The molecule has 5 rings (SSSR count). The van der Waals surface area contributed by atoms with Crippen LogP contribution in [-0.4, -0.2) is 66.5 Å². The summed E-state index contributed by atoms with van der Waals surface area (Å²) < 4.78 is 23.5. The molecule has 1 aliphatic heterocycles. The number of likely N-dealkylation sites (N-methyl/N-ethyl adjacent to an activating group) is 1. The molecular formula is C32H33N3O6. The normalized spacial score (nSPS) is 14.0. The number of hydrogen-bond donors (Lipinski definition) is 1. The Labute approximate surface area is 238 Å². The van der Waals surface area contributed by atoms with E-state index in [1.165, 1.54) is 12.0 Å². The zero-order valence-corrected chi connectivity index (χ0v) is 23.6. The number of carbonyl (C=O) groups excluding carboxylic acids is 1. The Morgan fingerprint density at radius 2 is 1.90 bits per heavy atom. The summed E-state index contributed by atoms with van der Waals surface area (Å²) in [6, 6.07) is 16.6. The molecule has 0 aliphatic carbocycles. The van der Waals surface area contributed by atoms with Gasteiger partial charge in [0, 0.05) is 43.3 Å². The standard InChI is InChI=1S/C32H33N3O6/c1-32(2,19-36)35(3)31(37)21-5-7-25(28(16-21)38-4)29-17-26-30(41-29)24(9-12-34-26)20-6-8-27(22(15-20)18-33)40-23-10-13-39-14-11-23/h5-9,12,15-17,23,36H,10-11,13-14,19H2,1-4H3. The molecule has 0 saturated carbocycles. The number of aromatic nitrogens is 1. The van der Waals surface area contributed by atoms with Crippen LogP contribution in [0.3, 0.4) is 0 Å². The fraction of sp³-hybridized carbons (Fsp3) is 0.344. The molecule has 1 N–H and O–H groups in total. The van der Waals surface area contributed by atoms with Crippen molar-refractivity contribution in [2.75, 3.05) is 34.0 Å². The molecule has 212 valence electrons. The first-order chi connectivity index (χ1) is 19.7. The number of nitrogens with zero attached hydrogens (tertiary/aromatic N) is 3. The molecule has 0 bridgehead atoms. The van der Waals surface area contributed by atoms with Gasteiger partial charge in [0.05, 0.1) is 43.6 Å². The first kappa shape index (κ1) is 28.1. The van der Waals surface area contributed by atoms with Gasteiger partial charge >= 0.3 is 0 Å². The van der Waals surface area contributed by atoms with Crippen LogP contribution in [0.5, 0.6) is 11.5 Å². The van der Waals surface area contributed by atoms with E-state index in [0.29, 0.717) is 58.3 Å². The van der Waals surface area contributed by atoms with Gasteiger partial charge < -0.3 is 28.6 Å². The predicted octanol–water partition coefficient (Wildman–Crippen LogP) is 5.44. The molecule has 0 unspecified atom stereocenters. The van der Waals surface area contributed by atoms with Gasteiger partial charge in [0.1, 0.15) is 34.9 Å². The Morgan fingerprint density at radius 3 is 2.61 bits per heavy atom. The van der Waals surface area contributed by atoms with Crippen LogP contribution in [0.1, 0.15) is 42.6 Å². The molecular weight excluding hydrogens is 522 g/mol. The molecule has 2 aromatic carbocycles. The van der Waals surface area contributed by atoms with Gasteiger partial charge in [0.25, 0.3) is 5.91 Å². The van der Waals surface area contributed by atoms with Gasteiger partial charge in [-0.3, -0.25) is 9.78 Å². The van der Waals surface area contributed by atoms with Crippen LogP contribution >= 0.6 is 0 Å². The van der Waals surface area contributed by atoms with Gasteiger partial charge in [-0.15, -0.1) is 0 Å². The minimum atomic E-state index is -0.718. The molecule has 1 fully saturated rings. The molecule has 0 radical (unpaired) electrons. The highest BCUT2D eigenvalue weighted by Gasteiger charge is 2.28. The van der Waals surface area contributed by atoms with E-state index < -0.39 is 5.54 Å². The number of ether oxygens (including phenoxy) is 3. The minimum Gasteiger partial charge on any atom is -0.496 e. The van der Waals surface area contributed by atoms with E-state index in [0.717, 1.165) is 24.0 Å². The second-order valence-corrected chi connectivity index (χ2v) is 10.7. The van der Waals surface area contributed by atoms with Crippen molar-refractivity contribution in [3.8, 4) is 40.0 Å². The van der Waals surface area contributed by atoms with Crippen molar-refractivity contribution in [2.45, 2.75) is 38.3 Å². The molecule has 1 aliphatic rings. The van der Waals surface area contributed by atoms with Crippen molar-refractivity contribution in [3.05, 3.63) is 65.9 Å². The predicted molar refractivity (Wildman–Crippen MR) is 154 cm³/mol. The molecule has 0 atom stereocenters. The second kappa shape index (κ2) is 11.6. The smallest absolute Gasteiger partial charge is 0.254 e. The largest absolute Gasteiger partial charge is 0.496 e. The van der Waals surface area contributed by atoms with Gasteiger partial charge in [0.2, 0.25) is 0 Å².